The van der Waals surface area contributed by atoms with Crippen LogP contribution in [0.5, 0.6) is 0 Å². The zero-order valence-electron chi connectivity index (χ0n) is 22.0. The highest BCUT2D eigenvalue weighted by atomic mass is 28.4. The van der Waals surface area contributed by atoms with E-state index in [2.05, 4.69) is 110 Å². The third kappa shape index (κ3) is 9.19. The fourth-order valence-electron chi connectivity index (χ4n) is 2.64. The van der Waals surface area contributed by atoms with E-state index in [4.69, 9.17) is 8.85 Å². The van der Waals surface area contributed by atoms with Crippen LogP contribution in [0, 0.1) is 11.3 Å². The standard InChI is InChI=1S/C27H45NO2Si2/c1-26(2,3)31(7,8)29-24(19-14-18-23-16-12-11-13-17-23)20-15-21-25(22-28)30-32(9,10)27(4,5)6/h11-18,20,24-25H,19,21H2,1-10H3/b18-14+,20-15+/t24-,25-/m1/s1. The molecule has 5 heteroatoms. The average Bonchev–Trinajstić information content (AvgIpc) is 2.65. The maximum absolute atomic E-state index is 9.66. The molecule has 1 aromatic carbocycles. The fraction of sp³-hybridized carbons (Fsp3) is 0.593. The Balaban J connectivity index is 2.92. The van der Waals surface area contributed by atoms with Gasteiger partial charge in [0.05, 0.1) is 12.2 Å². The molecule has 0 heterocycles. The molecule has 178 valence electrons. The quantitative estimate of drug-likeness (QED) is 0.254. The van der Waals surface area contributed by atoms with Crippen molar-refractivity contribution >= 4 is 22.7 Å². The Kier molecular flexibility index (Phi) is 10.4. The first-order valence-electron chi connectivity index (χ1n) is 11.7. The van der Waals surface area contributed by atoms with E-state index < -0.39 is 22.7 Å². The summed E-state index contributed by atoms with van der Waals surface area (Å²) in [6.07, 6.45) is 9.51. The predicted molar refractivity (Wildman–Crippen MR) is 144 cm³/mol. The molecular formula is C27H45NO2Si2. The van der Waals surface area contributed by atoms with E-state index in [-0.39, 0.29) is 16.2 Å². The smallest absolute Gasteiger partial charge is 0.193 e. The van der Waals surface area contributed by atoms with E-state index >= 15 is 0 Å². The molecule has 0 saturated carbocycles. The Bertz CT molecular complexity index is 794. The van der Waals surface area contributed by atoms with Crippen LogP contribution < -0.4 is 0 Å². The van der Waals surface area contributed by atoms with Crippen molar-refractivity contribution < 1.29 is 8.85 Å². The minimum atomic E-state index is -1.98. The first-order valence-corrected chi connectivity index (χ1v) is 17.5. The molecule has 3 nitrogen and oxygen atoms in total. The van der Waals surface area contributed by atoms with Crippen LogP contribution in [-0.4, -0.2) is 28.8 Å². The maximum atomic E-state index is 9.66. The van der Waals surface area contributed by atoms with Crippen molar-refractivity contribution in [2.75, 3.05) is 0 Å². The largest absolute Gasteiger partial charge is 0.410 e. The molecule has 0 aliphatic carbocycles. The van der Waals surface area contributed by atoms with Gasteiger partial charge in [0.15, 0.2) is 16.6 Å². The first-order chi connectivity index (χ1) is 14.6. The highest BCUT2D eigenvalue weighted by Crippen LogP contribution is 2.38. The molecule has 0 saturated heterocycles. The van der Waals surface area contributed by atoms with Crippen LogP contribution in [0.1, 0.15) is 59.9 Å². The number of rotatable bonds is 10. The molecule has 0 amide bonds. The van der Waals surface area contributed by atoms with Crippen LogP contribution >= 0.6 is 0 Å². The lowest BCUT2D eigenvalue weighted by Crippen LogP contribution is -2.43. The normalized spacial score (nSPS) is 15.8. The topological polar surface area (TPSA) is 42.2 Å². The minimum Gasteiger partial charge on any atom is -0.410 e. The van der Waals surface area contributed by atoms with E-state index in [1.54, 1.807) is 0 Å². The molecule has 0 bridgehead atoms. The van der Waals surface area contributed by atoms with Crippen molar-refractivity contribution in [3.8, 4) is 6.07 Å². The number of benzene rings is 1. The molecule has 32 heavy (non-hydrogen) atoms. The molecule has 0 radical (unpaired) electrons. The van der Waals surface area contributed by atoms with Gasteiger partial charge >= 0.3 is 0 Å². The number of hydrogen-bond donors (Lipinski definition) is 0. The lowest BCUT2D eigenvalue weighted by molar-refractivity contribution is 0.223. The Morgan fingerprint density at radius 3 is 1.88 bits per heavy atom. The predicted octanol–water partition coefficient (Wildman–Crippen LogP) is 8.34. The maximum Gasteiger partial charge on any atom is 0.193 e. The summed E-state index contributed by atoms with van der Waals surface area (Å²) in [7, 11) is -3.90. The van der Waals surface area contributed by atoms with Crippen LogP contribution in [0.3, 0.4) is 0 Å². The first kappa shape index (κ1) is 28.6. The second-order valence-electron chi connectivity index (χ2n) is 11.6. The van der Waals surface area contributed by atoms with Gasteiger partial charge in [-0.05, 0) is 48.2 Å². The van der Waals surface area contributed by atoms with E-state index in [1.165, 1.54) is 5.56 Å². The monoisotopic (exact) mass is 471 g/mol. The molecule has 0 fully saturated rings. The molecule has 0 aliphatic rings. The molecular weight excluding hydrogens is 426 g/mol. The van der Waals surface area contributed by atoms with Crippen molar-refractivity contribution in [2.24, 2.45) is 0 Å². The van der Waals surface area contributed by atoms with Crippen molar-refractivity contribution in [3.05, 3.63) is 54.1 Å². The lowest BCUT2D eigenvalue weighted by atomic mass is 10.1. The van der Waals surface area contributed by atoms with E-state index in [0.29, 0.717) is 6.42 Å². The van der Waals surface area contributed by atoms with Crippen molar-refractivity contribution in [1.82, 2.24) is 0 Å². The summed E-state index contributed by atoms with van der Waals surface area (Å²) in [6, 6.07) is 12.7. The van der Waals surface area contributed by atoms with Gasteiger partial charge in [0.1, 0.15) is 6.10 Å². The van der Waals surface area contributed by atoms with Crippen molar-refractivity contribution in [1.29, 1.82) is 5.26 Å². The Morgan fingerprint density at radius 1 is 0.844 bits per heavy atom. The van der Waals surface area contributed by atoms with Crippen LogP contribution in [0.25, 0.3) is 6.08 Å². The minimum absolute atomic E-state index is 0.0110. The van der Waals surface area contributed by atoms with Gasteiger partial charge in [0, 0.05) is 6.42 Å². The molecule has 0 spiro atoms. The highest BCUT2D eigenvalue weighted by Gasteiger charge is 2.40. The molecule has 0 aliphatic heterocycles. The highest BCUT2D eigenvalue weighted by molar-refractivity contribution is 6.74. The van der Waals surface area contributed by atoms with Gasteiger partial charge in [-0.2, -0.15) is 5.26 Å². The van der Waals surface area contributed by atoms with E-state index in [1.807, 2.05) is 18.2 Å². The van der Waals surface area contributed by atoms with Gasteiger partial charge in [-0.3, -0.25) is 0 Å². The molecule has 0 N–H and O–H groups in total. The second kappa shape index (κ2) is 11.6. The molecule has 2 atom stereocenters. The summed E-state index contributed by atoms with van der Waals surface area (Å²) in [4.78, 5) is 0. The zero-order valence-corrected chi connectivity index (χ0v) is 24.0. The molecule has 0 unspecified atom stereocenters. The Labute approximate surface area is 199 Å². The molecule has 0 aromatic heterocycles. The summed E-state index contributed by atoms with van der Waals surface area (Å²) in [5, 5.41) is 9.89. The molecule has 1 rings (SSSR count). The number of nitrogens with zero attached hydrogens (tertiary/aromatic N) is 1. The third-order valence-electron chi connectivity index (χ3n) is 6.82. The number of nitriles is 1. The van der Waals surface area contributed by atoms with E-state index in [9.17, 15) is 5.26 Å². The van der Waals surface area contributed by atoms with Crippen LogP contribution in [0.15, 0.2) is 48.6 Å². The summed E-state index contributed by atoms with van der Waals surface area (Å²) >= 11 is 0. The summed E-state index contributed by atoms with van der Waals surface area (Å²) in [6.45, 7) is 22.3. The van der Waals surface area contributed by atoms with Gasteiger partial charge in [0.25, 0.3) is 0 Å². The van der Waals surface area contributed by atoms with Crippen LogP contribution in [0.2, 0.25) is 36.3 Å². The fourth-order valence-corrected chi connectivity index (χ4v) is 5.14. The van der Waals surface area contributed by atoms with Gasteiger partial charge in [-0.15, -0.1) is 0 Å². The van der Waals surface area contributed by atoms with Gasteiger partial charge < -0.3 is 8.85 Å². The summed E-state index contributed by atoms with van der Waals surface area (Å²) in [5.74, 6) is 0. The van der Waals surface area contributed by atoms with Crippen LogP contribution in [0.4, 0.5) is 0 Å². The van der Waals surface area contributed by atoms with E-state index in [0.717, 1.165) is 6.42 Å². The van der Waals surface area contributed by atoms with Gasteiger partial charge in [0.2, 0.25) is 0 Å². The Morgan fingerprint density at radius 2 is 1.38 bits per heavy atom. The van der Waals surface area contributed by atoms with Crippen molar-refractivity contribution in [2.45, 2.75) is 103 Å². The number of hydrogen-bond acceptors (Lipinski definition) is 3. The summed E-state index contributed by atoms with van der Waals surface area (Å²) in [5.41, 5.74) is 1.19. The summed E-state index contributed by atoms with van der Waals surface area (Å²) < 4.78 is 13.0. The lowest BCUT2D eigenvalue weighted by Gasteiger charge is -2.38. The van der Waals surface area contributed by atoms with Gasteiger partial charge in [-0.1, -0.05) is 96.2 Å². The third-order valence-corrected chi connectivity index (χ3v) is 15.8. The van der Waals surface area contributed by atoms with Crippen LogP contribution in [-0.2, 0) is 8.85 Å². The second-order valence-corrected chi connectivity index (χ2v) is 21.1. The molecule has 1 aromatic rings. The Hall–Kier alpha value is -1.46. The average molecular weight is 472 g/mol. The SMILES string of the molecule is CC(C)(C)[Si](C)(C)O[C@@H](C#N)C/C=C/[C@@H](C/C=C/c1ccccc1)O[Si](C)(C)C(C)(C)C. The zero-order chi connectivity index (χ0) is 24.6. The van der Waals surface area contributed by atoms with Crippen molar-refractivity contribution in [3.63, 3.8) is 0 Å². The van der Waals surface area contributed by atoms with Gasteiger partial charge in [-0.25, -0.2) is 0 Å².